The molecule has 0 atom stereocenters. The maximum absolute atomic E-state index is 13.7. The van der Waals surface area contributed by atoms with Gasteiger partial charge in [-0.1, -0.05) is 13.0 Å². The number of carbonyl (C=O) groups excluding carboxylic acids is 1. The molecule has 4 nitrogen and oxygen atoms in total. The lowest BCUT2D eigenvalue weighted by Gasteiger charge is -2.08. The highest BCUT2D eigenvalue weighted by molar-refractivity contribution is 5.69. The molecule has 0 aromatic heterocycles. The molecule has 1 aromatic carbocycles. The van der Waals surface area contributed by atoms with Crippen LogP contribution in [-0.2, 0) is 16.1 Å². The molecule has 0 aliphatic heterocycles. The predicted octanol–water partition coefficient (Wildman–Crippen LogP) is 2.27. The number of halogens is 1. The van der Waals surface area contributed by atoms with Crippen LogP contribution in [0.2, 0.25) is 0 Å². The average molecular weight is 269 g/mol. The minimum atomic E-state index is -0.381. The number of nitrogens with one attached hydrogen (secondary N) is 1. The number of carbonyl (C=O) groups is 1. The van der Waals surface area contributed by atoms with Crippen molar-refractivity contribution in [1.82, 2.24) is 5.32 Å². The van der Waals surface area contributed by atoms with Gasteiger partial charge in [-0.05, 0) is 30.7 Å². The number of ether oxygens (including phenoxy) is 2. The second kappa shape index (κ2) is 8.48. The molecule has 1 rings (SSSR count). The lowest BCUT2D eigenvalue weighted by Crippen LogP contribution is -2.12. The van der Waals surface area contributed by atoms with Crippen molar-refractivity contribution in [3.63, 3.8) is 0 Å². The second-order valence-corrected chi connectivity index (χ2v) is 4.07. The van der Waals surface area contributed by atoms with E-state index in [2.05, 4.69) is 10.1 Å². The first-order valence-corrected chi connectivity index (χ1v) is 6.36. The van der Waals surface area contributed by atoms with Crippen LogP contribution in [0.5, 0.6) is 5.75 Å². The Bertz CT molecular complexity index is 410. The van der Waals surface area contributed by atoms with Crippen LogP contribution in [0.3, 0.4) is 0 Å². The first-order valence-electron chi connectivity index (χ1n) is 6.36. The molecule has 0 heterocycles. The molecule has 0 aliphatic rings. The molecule has 19 heavy (non-hydrogen) atoms. The van der Waals surface area contributed by atoms with Crippen molar-refractivity contribution in [3.05, 3.63) is 29.6 Å². The summed E-state index contributed by atoms with van der Waals surface area (Å²) in [6, 6.07) is 4.89. The topological polar surface area (TPSA) is 47.6 Å². The van der Waals surface area contributed by atoms with Gasteiger partial charge in [-0.25, -0.2) is 4.39 Å². The van der Waals surface area contributed by atoms with Crippen molar-refractivity contribution in [3.8, 4) is 5.75 Å². The van der Waals surface area contributed by atoms with Gasteiger partial charge in [0.2, 0.25) is 0 Å². The summed E-state index contributed by atoms with van der Waals surface area (Å²) < 4.78 is 23.5. The van der Waals surface area contributed by atoms with Crippen LogP contribution in [0.1, 0.15) is 25.3 Å². The molecular formula is C14H20FNO3. The van der Waals surface area contributed by atoms with E-state index in [1.54, 1.807) is 6.07 Å². The van der Waals surface area contributed by atoms with Crippen LogP contribution >= 0.6 is 0 Å². The van der Waals surface area contributed by atoms with Crippen molar-refractivity contribution >= 4 is 5.97 Å². The van der Waals surface area contributed by atoms with E-state index >= 15 is 0 Å². The van der Waals surface area contributed by atoms with Crippen LogP contribution in [-0.4, -0.2) is 26.2 Å². The zero-order valence-corrected chi connectivity index (χ0v) is 11.4. The quantitative estimate of drug-likeness (QED) is 0.581. The van der Waals surface area contributed by atoms with Gasteiger partial charge in [0.25, 0.3) is 0 Å². The van der Waals surface area contributed by atoms with E-state index in [-0.39, 0.29) is 24.0 Å². The number of hydrogen-bond donors (Lipinski definition) is 1. The number of esters is 1. The summed E-state index contributed by atoms with van der Waals surface area (Å²) in [7, 11) is 1.34. The van der Waals surface area contributed by atoms with Gasteiger partial charge >= 0.3 is 5.97 Å². The Kier molecular flexibility index (Phi) is 6.89. The summed E-state index contributed by atoms with van der Waals surface area (Å²) in [6.45, 7) is 3.76. The second-order valence-electron chi connectivity index (χ2n) is 4.07. The summed E-state index contributed by atoms with van der Waals surface area (Å²) in [6.07, 6.45) is 0.780. The van der Waals surface area contributed by atoms with Gasteiger partial charge in [-0.2, -0.15) is 0 Å². The highest BCUT2D eigenvalue weighted by atomic mass is 19.1. The van der Waals surface area contributed by atoms with Gasteiger partial charge in [-0.15, -0.1) is 0 Å². The molecule has 1 aromatic rings. The molecule has 106 valence electrons. The minimum absolute atomic E-state index is 0.213. The molecule has 0 amide bonds. The third-order valence-corrected chi connectivity index (χ3v) is 2.59. The van der Waals surface area contributed by atoms with Crippen molar-refractivity contribution in [2.75, 3.05) is 20.3 Å². The highest BCUT2D eigenvalue weighted by Gasteiger charge is 2.05. The van der Waals surface area contributed by atoms with Gasteiger partial charge in [0, 0.05) is 13.0 Å². The third-order valence-electron chi connectivity index (χ3n) is 2.59. The summed E-state index contributed by atoms with van der Waals surface area (Å²) in [5.41, 5.74) is 0.876. The fourth-order valence-electron chi connectivity index (χ4n) is 1.54. The molecular weight excluding hydrogens is 249 g/mol. The Morgan fingerprint density at radius 3 is 2.84 bits per heavy atom. The average Bonchev–Trinajstić information content (AvgIpc) is 2.42. The zero-order chi connectivity index (χ0) is 14.1. The van der Waals surface area contributed by atoms with E-state index < -0.39 is 0 Å². The summed E-state index contributed by atoms with van der Waals surface area (Å²) in [5, 5.41) is 3.12. The van der Waals surface area contributed by atoms with E-state index in [0.29, 0.717) is 19.6 Å². The van der Waals surface area contributed by atoms with Crippen molar-refractivity contribution in [2.45, 2.75) is 26.3 Å². The van der Waals surface area contributed by atoms with E-state index in [1.165, 1.54) is 13.2 Å². The van der Waals surface area contributed by atoms with Gasteiger partial charge in [0.1, 0.15) is 0 Å². The Balaban J connectivity index is 2.39. The molecule has 0 aliphatic carbocycles. The highest BCUT2D eigenvalue weighted by Crippen LogP contribution is 2.18. The molecule has 0 saturated carbocycles. The lowest BCUT2D eigenvalue weighted by molar-refractivity contribution is -0.140. The first kappa shape index (κ1) is 15.4. The standard InChI is InChI=1S/C14H20FNO3/c1-3-16-10-11-6-7-13(12(15)9-11)19-8-4-5-14(17)18-2/h6-7,9,16H,3-5,8,10H2,1-2H3. The zero-order valence-electron chi connectivity index (χ0n) is 11.4. The Morgan fingerprint density at radius 2 is 2.21 bits per heavy atom. The SMILES string of the molecule is CCNCc1ccc(OCCCC(=O)OC)c(F)c1. The van der Waals surface area contributed by atoms with Crippen molar-refractivity contribution in [1.29, 1.82) is 0 Å². The lowest BCUT2D eigenvalue weighted by atomic mass is 10.2. The molecule has 0 fully saturated rings. The van der Waals surface area contributed by atoms with E-state index in [9.17, 15) is 9.18 Å². The van der Waals surface area contributed by atoms with Crippen LogP contribution in [0.4, 0.5) is 4.39 Å². The number of hydrogen-bond acceptors (Lipinski definition) is 4. The Labute approximate surface area is 112 Å². The van der Waals surface area contributed by atoms with Crippen LogP contribution < -0.4 is 10.1 Å². The monoisotopic (exact) mass is 269 g/mol. The van der Waals surface area contributed by atoms with Crippen LogP contribution in [0.25, 0.3) is 0 Å². The molecule has 0 spiro atoms. The first-order chi connectivity index (χ1) is 9.17. The van der Waals surface area contributed by atoms with Gasteiger partial charge in [0.15, 0.2) is 11.6 Å². The maximum Gasteiger partial charge on any atom is 0.305 e. The molecule has 5 heteroatoms. The molecule has 0 bridgehead atoms. The largest absolute Gasteiger partial charge is 0.491 e. The Morgan fingerprint density at radius 1 is 1.42 bits per heavy atom. The van der Waals surface area contributed by atoms with Crippen LogP contribution in [0, 0.1) is 5.82 Å². The van der Waals surface area contributed by atoms with E-state index in [4.69, 9.17) is 4.74 Å². The minimum Gasteiger partial charge on any atom is -0.491 e. The van der Waals surface area contributed by atoms with Gasteiger partial charge in [-0.3, -0.25) is 4.79 Å². The molecule has 0 saturated heterocycles. The van der Waals surface area contributed by atoms with Crippen molar-refractivity contribution < 1.29 is 18.7 Å². The molecule has 0 radical (unpaired) electrons. The van der Waals surface area contributed by atoms with Crippen LogP contribution in [0.15, 0.2) is 18.2 Å². The third kappa shape index (κ3) is 5.70. The number of rotatable bonds is 8. The summed E-state index contributed by atoms with van der Waals surface area (Å²) in [5.74, 6) is -0.455. The Hall–Kier alpha value is -1.62. The van der Waals surface area contributed by atoms with Gasteiger partial charge in [0.05, 0.1) is 13.7 Å². The van der Waals surface area contributed by atoms with E-state index in [0.717, 1.165) is 12.1 Å². The predicted molar refractivity (Wildman–Crippen MR) is 70.5 cm³/mol. The fourth-order valence-corrected chi connectivity index (χ4v) is 1.54. The van der Waals surface area contributed by atoms with Crippen molar-refractivity contribution in [2.24, 2.45) is 0 Å². The van der Waals surface area contributed by atoms with E-state index in [1.807, 2.05) is 13.0 Å². The normalized spacial score (nSPS) is 10.3. The van der Waals surface area contributed by atoms with Gasteiger partial charge < -0.3 is 14.8 Å². The summed E-state index contributed by atoms with van der Waals surface area (Å²) >= 11 is 0. The molecule has 0 unspecified atom stereocenters. The fraction of sp³-hybridized carbons (Fsp3) is 0.500. The number of benzene rings is 1. The summed E-state index contributed by atoms with van der Waals surface area (Å²) in [4.78, 5) is 10.9. The smallest absolute Gasteiger partial charge is 0.305 e. The number of methoxy groups -OCH3 is 1. The molecule has 1 N–H and O–H groups in total. The maximum atomic E-state index is 13.7.